The van der Waals surface area contributed by atoms with Crippen molar-refractivity contribution in [3.63, 3.8) is 0 Å². The van der Waals surface area contributed by atoms with Crippen molar-refractivity contribution in [3.05, 3.63) is 34.7 Å². The minimum atomic E-state index is -1.00. The standard InChI is InChI=1S/C10H10BrN3O2.ClH/c11-7-2-1-6(5-8(12)10(15)16)14-4-3-13-9(7)14;/h1-4,8H,5,12H2,(H,15,16);1H/t8-;/m0./s1. The van der Waals surface area contributed by atoms with E-state index in [1.54, 1.807) is 12.4 Å². The van der Waals surface area contributed by atoms with Crippen LogP contribution in [0, 0.1) is 0 Å². The first-order chi connectivity index (χ1) is 7.59. The molecule has 2 aromatic heterocycles. The van der Waals surface area contributed by atoms with E-state index in [-0.39, 0.29) is 18.8 Å². The lowest BCUT2D eigenvalue weighted by Gasteiger charge is -2.09. The van der Waals surface area contributed by atoms with Crippen LogP contribution in [0.25, 0.3) is 5.65 Å². The Bertz CT molecular complexity index is 543. The second kappa shape index (κ2) is 5.48. The minimum absolute atomic E-state index is 0. The predicted molar refractivity (Wildman–Crippen MR) is 69.5 cm³/mol. The number of carboxylic acid groups (broad SMARTS) is 1. The first-order valence-corrected chi connectivity index (χ1v) is 5.47. The van der Waals surface area contributed by atoms with Crippen LogP contribution in [0.4, 0.5) is 0 Å². The molecule has 0 bridgehead atoms. The maximum absolute atomic E-state index is 10.7. The van der Waals surface area contributed by atoms with Gasteiger partial charge < -0.3 is 15.2 Å². The maximum Gasteiger partial charge on any atom is 0.320 e. The Morgan fingerprint density at radius 1 is 1.59 bits per heavy atom. The van der Waals surface area contributed by atoms with Crippen LogP contribution < -0.4 is 5.73 Å². The van der Waals surface area contributed by atoms with Crippen molar-refractivity contribution in [3.8, 4) is 0 Å². The van der Waals surface area contributed by atoms with E-state index in [2.05, 4.69) is 20.9 Å². The molecule has 5 nitrogen and oxygen atoms in total. The molecule has 2 rings (SSSR count). The van der Waals surface area contributed by atoms with E-state index in [1.165, 1.54) is 0 Å². The van der Waals surface area contributed by atoms with Gasteiger partial charge in [-0.3, -0.25) is 4.79 Å². The molecular formula is C10H11BrClN3O2. The highest BCUT2D eigenvalue weighted by molar-refractivity contribution is 9.10. The van der Waals surface area contributed by atoms with Crippen molar-refractivity contribution in [1.82, 2.24) is 9.38 Å². The van der Waals surface area contributed by atoms with Crippen molar-refractivity contribution in [2.75, 3.05) is 0 Å². The van der Waals surface area contributed by atoms with E-state index in [9.17, 15) is 4.79 Å². The van der Waals surface area contributed by atoms with Gasteiger partial charge in [-0.05, 0) is 28.1 Å². The highest BCUT2D eigenvalue weighted by Crippen LogP contribution is 2.18. The number of nitrogens with two attached hydrogens (primary N) is 1. The van der Waals surface area contributed by atoms with Crippen LogP contribution in [-0.4, -0.2) is 26.5 Å². The first kappa shape index (κ1) is 14.0. The molecular weight excluding hydrogens is 309 g/mol. The van der Waals surface area contributed by atoms with Crippen LogP contribution in [-0.2, 0) is 11.2 Å². The van der Waals surface area contributed by atoms with Gasteiger partial charge >= 0.3 is 5.97 Å². The average molecular weight is 321 g/mol. The molecule has 17 heavy (non-hydrogen) atoms. The zero-order chi connectivity index (χ0) is 11.7. The molecule has 0 saturated carbocycles. The zero-order valence-corrected chi connectivity index (χ0v) is 11.1. The molecule has 0 aromatic carbocycles. The topological polar surface area (TPSA) is 80.6 Å². The molecule has 0 radical (unpaired) electrons. The molecule has 0 saturated heterocycles. The molecule has 2 heterocycles. The molecule has 3 N–H and O–H groups in total. The van der Waals surface area contributed by atoms with Gasteiger partial charge in [0.1, 0.15) is 6.04 Å². The van der Waals surface area contributed by atoms with Gasteiger partial charge in [0.15, 0.2) is 5.65 Å². The van der Waals surface area contributed by atoms with E-state index in [1.807, 2.05) is 16.5 Å². The summed E-state index contributed by atoms with van der Waals surface area (Å²) in [7, 11) is 0. The fourth-order valence-electron chi connectivity index (χ4n) is 1.52. The molecule has 1 atom stereocenters. The van der Waals surface area contributed by atoms with Crippen LogP contribution in [0.5, 0.6) is 0 Å². The number of aromatic nitrogens is 2. The summed E-state index contributed by atoms with van der Waals surface area (Å²) in [5.41, 5.74) is 7.09. The van der Waals surface area contributed by atoms with Crippen LogP contribution in [0.3, 0.4) is 0 Å². The van der Waals surface area contributed by atoms with Crippen molar-refractivity contribution < 1.29 is 9.90 Å². The zero-order valence-electron chi connectivity index (χ0n) is 8.71. The molecule has 0 aliphatic rings. The lowest BCUT2D eigenvalue weighted by molar-refractivity contribution is -0.138. The second-order valence-electron chi connectivity index (χ2n) is 3.44. The fraction of sp³-hybridized carbons (Fsp3) is 0.200. The largest absolute Gasteiger partial charge is 0.480 e. The Kier molecular flexibility index (Phi) is 4.50. The van der Waals surface area contributed by atoms with E-state index >= 15 is 0 Å². The molecule has 7 heteroatoms. The Labute approximate surface area is 112 Å². The molecule has 0 fully saturated rings. The predicted octanol–water partition coefficient (Wildman–Crippen LogP) is 1.47. The van der Waals surface area contributed by atoms with Crippen LogP contribution in [0.1, 0.15) is 5.69 Å². The molecule has 2 aromatic rings. The minimum Gasteiger partial charge on any atom is -0.480 e. The van der Waals surface area contributed by atoms with Gasteiger partial charge in [0.2, 0.25) is 0 Å². The number of rotatable bonds is 3. The van der Waals surface area contributed by atoms with Crippen LogP contribution >= 0.6 is 28.3 Å². The Morgan fingerprint density at radius 2 is 2.29 bits per heavy atom. The SMILES string of the molecule is Cl.N[C@@H](Cc1ccc(Br)c2nccn12)C(=O)O. The summed E-state index contributed by atoms with van der Waals surface area (Å²) in [5, 5.41) is 8.76. The lowest BCUT2D eigenvalue weighted by Crippen LogP contribution is -2.32. The summed E-state index contributed by atoms with van der Waals surface area (Å²) in [6.07, 6.45) is 3.72. The van der Waals surface area contributed by atoms with Gasteiger partial charge in [-0.25, -0.2) is 4.98 Å². The highest BCUT2D eigenvalue weighted by atomic mass is 79.9. The number of carboxylic acids is 1. The molecule has 0 amide bonds. The number of hydrogen-bond donors (Lipinski definition) is 2. The van der Waals surface area contributed by atoms with Crippen molar-refractivity contribution >= 4 is 40.0 Å². The molecule has 0 aliphatic heterocycles. The number of pyridine rings is 1. The summed E-state index contributed by atoms with van der Waals surface area (Å²) in [4.78, 5) is 14.8. The number of halogens is 2. The Hall–Kier alpha value is -1.11. The van der Waals surface area contributed by atoms with Gasteiger partial charge in [-0.1, -0.05) is 0 Å². The number of nitrogens with zero attached hydrogens (tertiary/aromatic N) is 2. The quantitative estimate of drug-likeness (QED) is 0.897. The number of carbonyl (C=O) groups is 1. The summed E-state index contributed by atoms with van der Waals surface area (Å²) in [5.74, 6) is -1.00. The monoisotopic (exact) mass is 319 g/mol. The van der Waals surface area contributed by atoms with Gasteiger partial charge in [-0.2, -0.15) is 0 Å². The van der Waals surface area contributed by atoms with E-state index < -0.39 is 12.0 Å². The van der Waals surface area contributed by atoms with Crippen molar-refractivity contribution in [2.24, 2.45) is 5.73 Å². The number of aliphatic carboxylic acids is 1. The lowest BCUT2D eigenvalue weighted by atomic mass is 10.1. The third-order valence-electron chi connectivity index (χ3n) is 2.33. The van der Waals surface area contributed by atoms with Gasteiger partial charge in [0, 0.05) is 24.5 Å². The smallest absolute Gasteiger partial charge is 0.320 e. The highest BCUT2D eigenvalue weighted by Gasteiger charge is 2.14. The maximum atomic E-state index is 10.7. The summed E-state index contributed by atoms with van der Waals surface area (Å²) in [6.45, 7) is 0. The van der Waals surface area contributed by atoms with E-state index in [0.717, 1.165) is 15.8 Å². The number of hydrogen-bond acceptors (Lipinski definition) is 3. The number of fused-ring (bicyclic) bond motifs is 1. The summed E-state index contributed by atoms with van der Waals surface area (Å²) < 4.78 is 2.69. The second-order valence-corrected chi connectivity index (χ2v) is 4.30. The third kappa shape index (κ3) is 2.77. The first-order valence-electron chi connectivity index (χ1n) is 4.68. The van der Waals surface area contributed by atoms with E-state index in [4.69, 9.17) is 10.8 Å². The van der Waals surface area contributed by atoms with Crippen LogP contribution in [0.15, 0.2) is 29.0 Å². The molecule has 0 unspecified atom stereocenters. The fourth-order valence-corrected chi connectivity index (χ4v) is 1.94. The summed E-state index contributed by atoms with van der Waals surface area (Å²) in [6, 6.07) is 2.78. The van der Waals surface area contributed by atoms with Gasteiger partial charge in [0.25, 0.3) is 0 Å². The summed E-state index contributed by atoms with van der Waals surface area (Å²) >= 11 is 3.37. The van der Waals surface area contributed by atoms with Crippen molar-refractivity contribution in [2.45, 2.75) is 12.5 Å². The Morgan fingerprint density at radius 3 is 2.94 bits per heavy atom. The molecule has 0 aliphatic carbocycles. The van der Waals surface area contributed by atoms with Gasteiger partial charge in [-0.15, -0.1) is 12.4 Å². The van der Waals surface area contributed by atoms with Crippen LogP contribution in [0.2, 0.25) is 0 Å². The molecule has 92 valence electrons. The van der Waals surface area contributed by atoms with Crippen molar-refractivity contribution in [1.29, 1.82) is 0 Å². The van der Waals surface area contributed by atoms with E-state index in [0.29, 0.717) is 0 Å². The average Bonchev–Trinajstić information content (AvgIpc) is 2.71. The third-order valence-corrected chi connectivity index (χ3v) is 2.95. The number of imidazole rings is 1. The Balaban J connectivity index is 0.00000144. The van der Waals surface area contributed by atoms with Gasteiger partial charge in [0.05, 0.1) is 4.47 Å². The normalized spacial score (nSPS) is 12.1. The molecule has 0 spiro atoms.